The molecule has 0 saturated carbocycles. The van der Waals surface area contributed by atoms with Crippen LogP contribution in [0.1, 0.15) is 16.8 Å². The average Bonchev–Trinajstić information content (AvgIpc) is 2.93. The van der Waals surface area contributed by atoms with E-state index in [4.69, 9.17) is 0 Å². The van der Waals surface area contributed by atoms with Gasteiger partial charge in [0.25, 0.3) is 5.91 Å². The molecule has 1 amide bonds. The van der Waals surface area contributed by atoms with E-state index >= 15 is 0 Å². The summed E-state index contributed by atoms with van der Waals surface area (Å²) >= 11 is 0. The van der Waals surface area contributed by atoms with Gasteiger partial charge in [-0.3, -0.25) is 9.48 Å². The summed E-state index contributed by atoms with van der Waals surface area (Å²) in [6.45, 7) is 0.929. The van der Waals surface area contributed by atoms with Gasteiger partial charge in [0.2, 0.25) is 0 Å². The number of amides is 1. The van der Waals surface area contributed by atoms with Gasteiger partial charge in [-0.05, 0) is 24.6 Å². The molecule has 1 heterocycles. The summed E-state index contributed by atoms with van der Waals surface area (Å²) in [7, 11) is 0. The number of aromatic nitrogens is 2. The molecule has 1 aromatic carbocycles. The lowest BCUT2D eigenvalue weighted by Crippen LogP contribution is -2.25. The molecule has 20 heavy (non-hydrogen) atoms. The lowest BCUT2D eigenvalue weighted by molar-refractivity contribution is 0.0951. The van der Waals surface area contributed by atoms with E-state index < -0.39 is 23.4 Å². The molecule has 2 rings (SSSR count). The van der Waals surface area contributed by atoms with E-state index in [9.17, 15) is 18.0 Å². The summed E-state index contributed by atoms with van der Waals surface area (Å²) < 4.78 is 40.4. The first-order valence-corrected chi connectivity index (χ1v) is 5.98. The van der Waals surface area contributed by atoms with E-state index in [0.717, 1.165) is 0 Å². The highest BCUT2D eigenvalue weighted by Crippen LogP contribution is 2.13. The van der Waals surface area contributed by atoms with Crippen molar-refractivity contribution in [3.05, 3.63) is 53.6 Å². The van der Waals surface area contributed by atoms with Crippen LogP contribution in [0.5, 0.6) is 0 Å². The standard InChI is InChI=1S/C13H12F3N3O/c14-10-7-9(8-11(15)12(10)16)13(20)17-3-1-5-19-6-2-4-18-19/h2,4,6-8H,1,3,5H2,(H,17,20). The third kappa shape index (κ3) is 3.37. The minimum Gasteiger partial charge on any atom is -0.352 e. The van der Waals surface area contributed by atoms with Gasteiger partial charge in [-0.25, -0.2) is 13.2 Å². The van der Waals surface area contributed by atoms with Gasteiger partial charge in [0.05, 0.1) is 0 Å². The van der Waals surface area contributed by atoms with Gasteiger partial charge in [-0.1, -0.05) is 0 Å². The van der Waals surface area contributed by atoms with Crippen LogP contribution in [0.3, 0.4) is 0 Å². The number of hydrogen-bond acceptors (Lipinski definition) is 2. The molecule has 0 fully saturated rings. The first kappa shape index (κ1) is 14.1. The van der Waals surface area contributed by atoms with E-state index in [-0.39, 0.29) is 5.56 Å². The van der Waals surface area contributed by atoms with Crippen molar-refractivity contribution in [1.29, 1.82) is 0 Å². The highest BCUT2D eigenvalue weighted by molar-refractivity contribution is 5.94. The minimum atomic E-state index is -1.58. The van der Waals surface area contributed by atoms with Gasteiger partial charge in [0, 0.05) is 31.0 Å². The summed E-state index contributed by atoms with van der Waals surface area (Å²) in [5.41, 5.74) is -0.250. The number of aryl methyl sites for hydroxylation is 1. The maximum absolute atomic E-state index is 13.0. The maximum atomic E-state index is 13.0. The van der Waals surface area contributed by atoms with Crippen LogP contribution in [0.15, 0.2) is 30.6 Å². The van der Waals surface area contributed by atoms with E-state index in [1.807, 2.05) is 0 Å². The van der Waals surface area contributed by atoms with Gasteiger partial charge >= 0.3 is 0 Å². The summed E-state index contributed by atoms with van der Waals surface area (Å²) in [6, 6.07) is 3.12. The zero-order valence-electron chi connectivity index (χ0n) is 10.4. The first-order valence-electron chi connectivity index (χ1n) is 5.98. The third-order valence-corrected chi connectivity index (χ3v) is 2.65. The summed E-state index contributed by atoms with van der Waals surface area (Å²) in [6.07, 6.45) is 4.04. The molecule has 0 aliphatic carbocycles. The average molecular weight is 283 g/mol. The van der Waals surface area contributed by atoms with Gasteiger partial charge < -0.3 is 5.32 Å². The van der Waals surface area contributed by atoms with Crippen LogP contribution >= 0.6 is 0 Å². The van der Waals surface area contributed by atoms with Crippen molar-refractivity contribution < 1.29 is 18.0 Å². The Kier molecular flexibility index (Phi) is 4.39. The fraction of sp³-hybridized carbons (Fsp3) is 0.231. The second-order valence-corrected chi connectivity index (χ2v) is 4.13. The van der Waals surface area contributed by atoms with Crippen molar-refractivity contribution in [3.8, 4) is 0 Å². The highest BCUT2D eigenvalue weighted by Gasteiger charge is 2.14. The Hall–Kier alpha value is -2.31. The largest absolute Gasteiger partial charge is 0.352 e. The van der Waals surface area contributed by atoms with E-state index in [0.29, 0.717) is 31.6 Å². The molecule has 0 bridgehead atoms. The molecule has 2 aromatic rings. The molecular weight excluding hydrogens is 271 g/mol. The fourth-order valence-corrected chi connectivity index (χ4v) is 1.66. The Bertz CT molecular complexity index is 576. The molecule has 1 aromatic heterocycles. The van der Waals surface area contributed by atoms with Crippen LogP contribution in [-0.4, -0.2) is 22.2 Å². The number of nitrogens with one attached hydrogen (secondary N) is 1. The number of halogens is 3. The topological polar surface area (TPSA) is 46.9 Å². The predicted molar refractivity (Wildman–Crippen MR) is 65.5 cm³/mol. The van der Waals surface area contributed by atoms with Crippen molar-refractivity contribution in [2.45, 2.75) is 13.0 Å². The Morgan fingerprint density at radius 1 is 1.25 bits per heavy atom. The zero-order valence-corrected chi connectivity index (χ0v) is 10.4. The number of nitrogens with zero attached hydrogens (tertiary/aromatic N) is 2. The second kappa shape index (κ2) is 6.23. The summed E-state index contributed by atoms with van der Waals surface area (Å²) in [5.74, 6) is -5.00. The summed E-state index contributed by atoms with van der Waals surface area (Å²) in [5, 5.41) is 6.49. The van der Waals surface area contributed by atoms with Crippen molar-refractivity contribution >= 4 is 5.91 Å². The van der Waals surface area contributed by atoms with Gasteiger partial charge in [-0.15, -0.1) is 0 Å². The molecule has 0 saturated heterocycles. The minimum absolute atomic E-state index is 0.250. The quantitative estimate of drug-likeness (QED) is 0.675. The number of carbonyl (C=O) groups is 1. The van der Waals surface area contributed by atoms with Crippen LogP contribution < -0.4 is 5.32 Å². The Labute approximate surface area is 113 Å². The Morgan fingerprint density at radius 2 is 1.95 bits per heavy atom. The molecule has 0 radical (unpaired) electrons. The molecule has 0 aliphatic rings. The lowest BCUT2D eigenvalue weighted by atomic mass is 10.2. The fourth-order valence-electron chi connectivity index (χ4n) is 1.66. The van der Waals surface area contributed by atoms with Crippen LogP contribution in [0.2, 0.25) is 0 Å². The molecule has 7 heteroatoms. The van der Waals surface area contributed by atoms with Crippen LogP contribution in [0, 0.1) is 17.5 Å². The predicted octanol–water partition coefficient (Wildman–Crippen LogP) is 2.12. The van der Waals surface area contributed by atoms with Crippen LogP contribution in [0.4, 0.5) is 13.2 Å². The zero-order chi connectivity index (χ0) is 14.5. The van der Waals surface area contributed by atoms with Crippen molar-refractivity contribution in [2.24, 2.45) is 0 Å². The van der Waals surface area contributed by atoms with Crippen LogP contribution in [0.25, 0.3) is 0 Å². The highest BCUT2D eigenvalue weighted by atomic mass is 19.2. The van der Waals surface area contributed by atoms with Crippen molar-refractivity contribution in [3.63, 3.8) is 0 Å². The van der Waals surface area contributed by atoms with Crippen molar-refractivity contribution in [2.75, 3.05) is 6.54 Å². The molecule has 4 nitrogen and oxygen atoms in total. The molecule has 0 atom stereocenters. The maximum Gasteiger partial charge on any atom is 0.251 e. The summed E-state index contributed by atoms with van der Waals surface area (Å²) in [4.78, 5) is 11.6. The Balaban J connectivity index is 1.86. The molecule has 1 N–H and O–H groups in total. The van der Waals surface area contributed by atoms with Gasteiger partial charge in [0.15, 0.2) is 17.5 Å². The molecule has 0 spiro atoms. The van der Waals surface area contributed by atoms with Crippen molar-refractivity contribution in [1.82, 2.24) is 15.1 Å². The molecular formula is C13H12F3N3O. The molecule has 0 aliphatic heterocycles. The monoisotopic (exact) mass is 283 g/mol. The van der Waals surface area contributed by atoms with Crippen LogP contribution in [-0.2, 0) is 6.54 Å². The first-order chi connectivity index (χ1) is 9.58. The van der Waals surface area contributed by atoms with Gasteiger partial charge in [-0.2, -0.15) is 5.10 Å². The Morgan fingerprint density at radius 3 is 2.55 bits per heavy atom. The van der Waals surface area contributed by atoms with Gasteiger partial charge in [0.1, 0.15) is 0 Å². The third-order valence-electron chi connectivity index (χ3n) is 2.65. The van der Waals surface area contributed by atoms with E-state index in [1.54, 1.807) is 23.1 Å². The smallest absolute Gasteiger partial charge is 0.251 e. The number of rotatable bonds is 5. The lowest BCUT2D eigenvalue weighted by Gasteiger charge is -2.06. The SMILES string of the molecule is O=C(NCCCn1cccn1)c1cc(F)c(F)c(F)c1. The molecule has 0 unspecified atom stereocenters. The number of hydrogen-bond donors (Lipinski definition) is 1. The van der Waals surface area contributed by atoms with E-state index in [2.05, 4.69) is 10.4 Å². The second-order valence-electron chi connectivity index (χ2n) is 4.13. The number of benzene rings is 1. The molecule has 106 valence electrons. The normalized spacial score (nSPS) is 10.6. The number of carbonyl (C=O) groups excluding carboxylic acids is 1. The van der Waals surface area contributed by atoms with E-state index in [1.165, 1.54) is 0 Å².